The van der Waals surface area contributed by atoms with E-state index in [0.29, 0.717) is 23.3 Å². The number of nitrogens with zero attached hydrogens (tertiary/aromatic N) is 6. The molecule has 0 unspecified atom stereocenters. The fourth-order valence-electron chi connectivity index (χ4n) is 2.64. The molecule has 0 radical (unpaired) electrons. The zero-order chi connectivity index (χ0) is 20.4. The Bertz CT molecular complexity index is 1150. The highest BCUT2D eigenvalue weighted by Crippen LogP contribution is 2.21. The molecule has 0 saturated heterocycles. The van der Waals surface area contributed by atoms with Crippen LogP contribution in [0.4, 0.5) is 5.82 Å². The van der Waals surface area contributed by atoms with Crippen molar-refractivity contribution in [3.05, 3.63) is 80.9 Å². The van der Waals surface area contributed by atoms with Crippen LogP contribution in [0.5, 0.6) is 0 Å². The van der Waals surface area contributed by atoms with Crippen LogP contribution in [0.3, 0.4) is 0 Å². The number of amides is 1. The molecule has 0 bridgehead atoms. The van der Waals surface area contributed by atoms with Gasteiger partial charge in [-0.3, -0.25) is 14.2 Å². The van der Waals surface area contributed by atoms with Crippen LogP contribution in [0.1, 0.15) is 16.1 Å². The van der Waals surface area contributed by atoms with Crippen LogP contribution in [0, 0.1) is 0 Å². The number of aromatic nitrogens is 6. The Morgan fingerprint density at radius 2 is 1.83 bits per heavy atom. The van der Waals surface area contributed by atoms with Crippen molar-refractivity contribution in [3.63, 3.8) is 0 Å². The molecule has 0 saturated carbocycles. The topological polar surface area (TPSA) is 82.6 Å². The van der Waals surface area contributed by atoms with Gasteiger partial charge < -0.3 is 5.32 Å². The Balaban J connectivity index is 1.42. The predicted octanol–water partition coefficient (Wildman–Crippen LogP) is 4.15. The minimum atomic E-state index is -0.399. The maximum absolute atomic E-state index is 12.5. The van der Waals surface area contributed by atoms with Crippen molar-refractivity contribution in [2.45, 2.75) is 13.2 Å². The summed E-state index contributed by atoms with van der Waals surface area (Å²) in [5.41, 5.74) is 1.26. The lowest BCUT2D eigenvalue weighted by molar-refractivity contribution is 0.102. The quantitative estimate of drug-likeness (QED) is 0.436. The Morgan fingerprint density at radius 3 is 2.55 bits per heavy atom. The summed E-state index contributed by atoms with van der Waals surface area (Å²) < 4.78 is 5.81. The van der Waals surface area contributed by atoms with Crippen molar-refractivity contribution in [1.82, 2.24) is 29.3 Å². The first-order valence-corrected chi connectivity index (χ1v) is 10.0. The number of carbonyl (C=O) groups excluding carboxylic acids is 1. The summed E-state index contributed by atoms with van der Waals surface area (Å²) in [4.78, 5) is 12.5. The van der Waals surface area contributed by atoms with Crippen LogP contribution < -0.4 is 5.32 Å². The standard InChI is InChI=1S/C18H14BrCl2N7O/c19-13-7-22-28(9-13)11-26-6-5-16(24-26)18(29)23-17-15(21)10-27(25-17)8-12-1-3-14(20)4-2-12/h1-7,9-10H,8,11H2,(H,23,25,29). The monoisotopic (exact) mass is 493 g/mol. The van der Waals surface area contributed by atoms with Crippen LogP contribution in [0.2, 0.25) is 10.0 Å². The van der Waals surface area contributed by atoms with Crippen molar-refractivity contribution < 1.29 is 4.79 Å². The van der Waals surface area contributed by atoms with E-state index in [9.17, 15) is 4.79 Å². The first kappa shape index (κ1) is 19.7. The molecule has 1 N–H and O–H groups in total. The maximum atomic E-state index is 12.5. The lowest BCUT2D eigenvalue weighted by atomic mass is 10.2. The smallest absolute Gasteiger partial charge is 0.277 e. The van der Waals surface area contributed by atoms with E-state index < -0.39 is 5.91 Å². The molecule has 8 nitrogen and oxygen atoms in total. The number of benzene rings is 1. The van der Waals surface area contributed by atoms with Gasteiger partial charge in [-0.15, -0.1) is 0 Å². The molecule has 4 aromatic rings. The Hall–Kier alpha value is -2.62. The second-order valence-electron chi connectivity index (χ2n) is 6.18. The second kappa shape index (κ2) is 8.40. The second-order valence-corrected chi connectivity index (χ2v) is 7.94. The van der Waals surface area contributed by atoms with Gasteiger partial charge in [0.05, 0.1) is 17.2 Å². The number of hydrogen-bond acceptors (Lipinski definition) is 4. The highest BCUT2D eigenvalue weighted by molar-refractivity contribution is 9.10. The van der Waals surface area contributed by atoms with Gasteiger partial charge in [0.1, 0.15) is 11.7 Å². The van der Waals surface area contributed by atoms with Gasteiger partial charge in [0.25, 0.3) is 5.91 Å². The summed E-state index contributed by atoms with van der Waals surface area (Å²) in [6.45, 7) is 0.885. The molecule has 0 aliphatic heterocycles. The predicted molar refractivity (Wildman–Crippen MR) is 113 cm³/mol. The van der Waals surface area contributed by atoms with Crippen molar-refractivity contribution in [1.29, 1.82) is 0 Å². The van der Waals surface area contributed by atoms with Crippen LogP contribution in [0.15, 0.2) is 59.6 Å². The summed E-state index contributed by atoms with van der Waals surface area (Å²) in [6.07, 6.45) is 6.85. The number of halogens is 3. The van der Waals surface area contributed by atoms with Crippen LogP contribution in [-0.2, 0) is 13.2 Å². The lowest BCUT2D eigenvalue weighted by Crippen LogP contribution is -2.15. The fraction of sp³-hybridized carbons (Fsp3) is 0.111. The third-order valence-corrected chi connectivity index (χ3v) is 4.91. The van der Waals surface area contributed by atoms with E-state index in [0.717, 1.165) is 10.0 Å². The maximum Gasteiger partial charge on any atom is 0.277 e. The number of rotatable bonds is 6. The Labute approximate surface area is 184 Å². The van der Waals surface area contributed by atoms with Gasteiger partial charge in [-0.05, 0) is 39.7 Å². The minimum Gasteiger partial charge on any atom is -0.302 e. The molecular weight excluding hydrogens is 481 g/mol. The Morgan fingerprint density at radius 1 is 1.03 bits per heavy atom. The molecule has 4 rings (SSSR count). The van der Waals surface area contributed by atoms with E-state index >= 15 is 0 Å². The molecule has 3 aromatic heterocycles. The first-order valence-electron chi connectivity index (χ1n) is 8.46. The van der Waals surface area contributed by atoms with Crippen molar-refractivity contribution in [3.8, 4) is 0 Å². The average molecular weight is 495 g/mol. The zero-order valence-corrected chi connectivity index (χ0v) is 17.9. The van der Waals surface area contributed by atoms with E-state index in [1.54, 1.807) is 38.7 Å². The van der Waals surface area contributed by atoms with Gasteiger partial charge in [0, 0.05) is 23.6 Å². The zero-order valence-electron chi connectivity index (χ0n) is 14.8. The van der Waals surface area contributed by atoms with E-state index in [1.807, 2.05) is 30.5 Å². The summed E-state index contributed by atoms with van der Waals surface area (Å²) in [7, 11) is 0. The molecule has 29 heavy (non-hydrogen) atoms. The summed E-state index contributed by atoms with van der Waals surface area (Å²) in [5, 5.41) is 16.5. The third-order valence-electron chi connectivity index (χ3n) is 3.97. The van der Waals surface area contributed by atoms with Gasteiger partial charge in [0.15, 0.2) is 11.5 Å². The molecule has 3 heterocycles. The van der Waals surface area contributed by atoms with Gasteiger partial charge in [0.2, 0.25) is 0 Å². The molecule has 0 fully saturated rings. The molecule has 0 atom stereocenters. The van der Waals surface area contributed by atoms with E-state index in [-0.39, 0.29) is 11.5 Å². The van der Waals surface area contributed by atoms with Crippen molar-refractivity contribution in [2.24, 2.45) is 0 Å². The molecule has 0 aliphatic carbocycles. The van der Waals surface area contributed by atoms with E-state index in [2.05, 4.69) is 36.5 Å². The molecular formula is C18H14BrCl2N7O. The number of nitrogens with one attached hydrogen (secondary N) is 1. The number of carbonyl (C=O) groups is 1. The average Bonchev–Trinajstić information content (AvgIpc) is 3.39. The molecule has 1 amide bonds. The summed E-state index contributed by atoms with van der Waals surface area (Å²) in [5.74, 6) is -0.125. The SMILES string of the molecule is O=C(Nc1nn(Cc2ccc(Cl)cc2)cc1Cl)c1ccn(Cn2cc(Br)cn2)n1. The number of hydrogen-bond donors (Lipinski definition) is 1. The normalized spacial score (nSPS) is 11.0. The molecule has 11 heteroatoms. The highest BCUT2D eigenvalue weighted by Gasteiger charge is 2.15. The molecule has 1 aromatic carbocycles. The van der Waals surface area contributed by atoms with Gasteiger partial charge in [-0.1, -0.05) is 35.3 Å². The van der Waals surface area contributed by atoms with E-state index in [4.69, 9.17) is 23.2 Å². The Kier molecular flexibility index (Phi) is 5.70. The van der Waals surface area contributed by atoms with Gasteiger partial charge in [-0.2, -0.15) is 15.3 Å². The fourth-order valence-corrected chi connectivity index (χ4v) is 3.29. The molecule has 0 aliphatic rings. The lowest BCUT2D eigenvalue weighted by Gasteiger charge is -2.03. The van der Waals surface area contributed by atoms with Crippen molar-refractivity contribution in [2.75, 3.05) is 5.32 Å². The van der Waals surface area contributed by atoms with Crippen LogP contribution in [0.25, 0.3) is 0 Å². The minimum absolute atomic E-state index is 0.250. The third kappa shape index (κ3) is 4.87. The van der Waals surface area contributed by atoms with E-state index in [1.165, 1.54) is 0 Å². The highest BCUT2D eigenvalue weighted by atomic mass is 79.9. The largest absolute Gasteiger partial charge is 0.302 e. The summed E-state index contributed by atoms with van der Waals surface area (Å²) >= 11 is 15.5. The number of anilines is 1. The first-order chi connectivity index (χ1) is 14.0. The molecule has 0 spiro atoms. The van der Waals surface area contributed by atoms with Gasteiger partial charge in [-0.25, -0.2) is 4.68 Å². The summed E-state index contributed by atoms with van der Waals surface area (Å²) in [6, 6.07) is 9.04. The van der Waals surface area contributed by atoms with Crippen LogP contribution in [-0.4, -0.2) is 35.2 Å². The van der Waals surface area contributed by atoms with Crippen LogP contribution >= 0.6 is 39.1 Å². The molecule has 148 valence electrons. The van der Waals surface area contributed by atoms with Gasteiger partial charge >= 0.3 is 0 Å². The van der Waals surface area contributed by atoms with Crippen molar-refractivity contribution >= 4 is 50.9 Å².